The number of fused-ring (bicyclic) bond motifs is 1. The van der Waals surface area contributed by atoms with Gasteiger partial charge in [0.1, 0.15) is 11.5 Å². The Morgan fingerprint density at radius 1 is 1.27 bits per heavy atom. The fourth-order valence-electron chi connectivity index (χ4n) is 3.17. The molecule has 2 aromatic rings. The van der Waals surface area contributed by atoms with E-state index in [2.05, 4.69) is 5.32 Å². The molecule has 1 amide bonds. The highest BCUT2D eigenvalue weighted by atomic mass is 16.5. The maximum absolute atomic E-state index is 12.3. The minimum absolute atomic E-state index is 0.0132. The van der Waals surface area contributed by atoms with Gasteiger partial charge in [0.15, 0.2) is 0 Å². The van der Waals surface area contributed by atoms with Crippen LogP contribution in [-0.4, -0.2) is 42.7 Å². The van der Waals surface area contributed by atoms with Gasteiger partial charge in [-0.2, -0.15) is 0 Å². The molecule has 7 heteroatoms. The minimum Gasteiger partial charge on any atom is -0.497 e. The molecule has 0 saturated carbocycles. The summed E-state index contributed by atoms with van der Waals surface area (Å²) in [5, 5.41) is 22.1. The van der Waals surface area contributed by atoms with Gasteiger partial charge in [0.05, 0.1) is 26.1 Å². The first-order valence-corrected chi connectivity index (χ1v) is 8.57. The molecular weight excluding hydrogens is 333 g/mol. The quantitative estimate of drug-likeness (QED) is 0.652. The van der Waals surface area contributed by atoms with Crippen molar-refractivity contribution in [1.82, 2.24) is 5.32 Å². The van der Waals surface area contributed by atoms with Crippen LogP contribution in [0.15, 0.2) is 48.5 Å². The van der Waals surface area contributed by atoms with Gasteiger partial charge in [-0.25, -0.2) is 0 Å². The molecule has 0 radical (unpaired) electrons. The number of rotatable bonds is 7. The zero-order valence-corrected chi connectivity index (χ0v) is 14.6. The van der Waals surface area contributed by atoms with Crippen molar-refractivity contribution in [3.8, 4) is 11.5 Å². The summed E-state index contributed by atoms with van der Waals surface area (Å²) in [6.07, 6.45) is 0.550. The van der Waals surface area contributed by atoms with Crippen molar-refractivity contribution in [2.45, 2.75) is 24.7 Å². The summed E-state index contributed by atoms with van der Waals surface area (Å²) in [5.74, 6) is 0.520. The largest absolute Gasteiger partial charge is 0.497 e. The van der Waals surface area contributed by atoms with Crippen LogP contribution in [0.1, 0.15) is 23.5 Å². The van der Waals surface area contributed by atoms with E-state index >= 15 is 0 Å². The molecule has 1 aliphatic rings. The minimum atomic E-state index is -1.64. The SMILES string of the molecule is COc1ccc(CC(=O)N[C@H](CC2COc3ccccc32)B(O)O)cc1. The van der Waals surface area contributed by atoms with E-state index in [4.69, 9.17) is 9.47 Å². The molecule has 1 unspecified atom stereocenters. The summed E-state index contributed by atoms with van der Waals surface area (Å²) in [5.41, 5.74) is 1.85. The van der Waals surface area contributed by atoms with E-state index in [-0.39, 0.29) is 18.2 Å². The number of para-hydroxylation sites is 1. The van der Waals surface area contributed by atoms with Crippen molar-refractivity contribution in [3.63, 3.8) is 0 Å². The van der Waals surface area contributed by atoms with Crippen LogP contribution >= 0.6 is 0 Å². The van der Waals surface area contributed by atoms with Crippen LogP contribution in [0.4, 0.5) is 0 Å². The Balaban J connectivity index is 1.60. The molecule has 1 aliphatic heterocycles. The van der Waals surface area contributed by atoms with Crippen LogP contribution in [0.5, 0.6) is 11.5 Å². The van der Waals surface area contributed by atoms with Gasteiger partial charge >= 0.3 is 7.12 Å². The van der Waals surface area contributed by atoms with Gasteiger partial charge in [-0.05, 0) is 30.2 Å². The summed E-state index contributed by atoms with van der Waals surface area (Å²) >= 11 is 0. The Kier molecular flexibility index (Phi) is 5.80. The van der Waals surface area contributed by atoms with E-state index in [0.717, 1.165) is 22.6 Å². The van der Waals surface area contributed by atoms with E-state index < -0.39 is 13.1 Å². The molecule has 1 heterocycles. The summed E-state index contributed by atoms with van der Waals surface area (Å²) in [7, 11) is -0.0533. The summed E-state index contributed by atoms with van der Waals surface area (Å²) in [6.45, 7) is 0.469. The number of hydrogen-bond donors (Lipinski definition) is 3. The molecule has 3 N–H and O–H groups in total. The molecule has 2 aromatic carbocycles. The van der Waals surface area contributed by atoms with Crippen LogP contribution in [0.2, 0.25) is 0 Å². The third-order valence-electron chi connectivity index (χ3n) is 4.57. The number of benzene rings is 2. The standard InChI is InChI=1S/C19H22BNO5/c1-25-15-8-6-13(7-9-15)10-19(22)21-18(20(23)24)11-14-12-26-17-5-3-2-4-16(14)17/h2-9,14,18,23-24H,10-12H2,1H3,(H,21,22)/t14?,18-/m1/s1. The number of amides is 1. The van der Waals surface area contributed by atoms with E-state index in [9.17, 15) is 14.8 Å². The van der Waals surface area contributed by atoms with Crippen molar-refractivity contribution in [3.05, 3.63) is 59.7 Å². The smallest absolute Gasteiger partial charge is 0.475 e. The molecule has 3 rings (SSSR count). The third kappa shape index (κ3) is 4.36. The molecule has 136 valence electrons. The molecule has 0 fully saturated rings. The van der Waals surface area contributed by atoms with Gasteiger partial charge in [0.2, 0.25) is 5.91 Å². The number of carbonyl (C=O) groups is 1. The number of nitrogens with one attached hydrogen (secondary N) is 1. The second-order valence-corrected chi connectivity index (χ2v) is 6.39. The van der Waals surface area contributed by atoms with Crippen molar-refractivity contribution in [1.29, 1.82) is 0 Å². The highest BCUT2D eigenvalue weighted by molar-refractivity contribution is 6.43. The lowest BCUT2D eigenvalue weighted by Gasteiger charge is -2.21. The second-order valence-electron chi connectivity index (χ2n) is 6.39. The maximum atomic E-state index is 12.3. The van der Waals surface area contributed by atoms with Crippen molar-refractivity contribution >= 4 is 13.0 Å². The van der Waals surface area contributed by atoms with E-state index in [1.54, 1.807) is 19.2 Å². The highest BCUT2D eigenvalue weighted by Gasteiger charge is 2.32. The first kappa shape index (κ1) is 18.3. The van der Waals surface area contributed by atoms with E-state index in [0.29, 0.717) is 13.0 Å². The van der Waals surface area contributed by atoms with Gasteiger partial charge in [-0.15, -0.1) is 0 Å². The first-order chi connectivity index (χ1) is 12.6. The van der Waals surface area contributed by atoms with Gasteiger partial charge in [-0.1, -0.05) is 30.3 Å². The Labute approximate surface area is 152 Å². The molecule has 0 saturated heterocycles. The molecule has 0 spiro atoms. The molecule has 0 aromatic heterocycles. The zero-order chi connectivity index (χ0) is 18.5. The van der Waals surface area contributed by atoms with Crippen LogP contribution in [0.25, 0.3) is 0 Å². The zero-order valence-electron chi connectivity index (χ0n) is 14.6. The monoisotopic (exact) mass is 355 g/mol. The predicted octanol–water partition coefficient (Wildman–Crippen LogP) is 1.30. The fraction of sp³-hybridized carbons (Fsp3) is 0.316. The lowest BCUT2D eigenvalue weighted by atomic mass is 9.73. The van der Waals surface area contributed by atoms with Crippen molar-refractivity contribution in [2.24, 2.45) is 0 Å². The Hall–Kier alpha value is -2.51. The van der Waals surface area contributed by atoms with E-state index in [1.807, 2.05) is 36.4 Å². The number of methoxy groups -OCH3 is 1. The van der Waals surface area contributed by atoms with Crippen LogP contribution in [-0.2, 0) is 11.2 Å². The summed E-state index contributed by atoms with van der Waals surface area (Å²) in [6, 6.07) is 14.9. The van der Waals surface area contributed by atoms with Gasteiger partial charge < -0.3 is 24.8 Å². The fourth-order valence-corrected chi connectivity index (χ4v) is 3.17. The first-order valence-electron chi connectivity index (χ1n) is 8.57. The molecule has 0 aliphatic carbocycles. The molecule has 0 bridgehead atoms. The number of hydrogen-bond acceptors (Lipinski definition) is 5. The number of carbonyl (C=O) groups excluding carboxylic acids is 1. The van der Waals surface area contributed by atoms with Gasteiger partial charge in [0, 0.05) is 11.5 Å². The lowest BCUT2D eigenvalue weighted by Crippen LogP contribution is -2.47. The second kappa shape index (κ2) is 8.25. The van der Waals surface area contributed by atoms with Gasteiger partial charge in [-0.3, -0.25) is 4.79 Å². The molecule has 6 nitrogen and oxygen atoms in total. The number of ether oxygens (including phenoxy) is 2. The van der Waals surface area contributed by atoms with Crippen LogP contribution < -0.4 is 14.8 Å². The average Bonchev–Trinajstić information content (AvgIpc) is 3.05. The highest BCUT2D eigenvalue weighted by Crippen LogP contribution is 2.36. The van der Waals surface area contributed by atoms with Crippen LogP contribution in [0.3, 0.4) is 0 Å². The average molecular weight is 355 g/mol. The molecular formula is C19H22BNO5. The van der Waals surface area contributed by atoms with Crippen molar-refractivity contribution < 1.29 is 24.3 Å². The van der Waals surface area contributed by atoms with Gasteiger partial charge in [0.25, 0.3) is 0 Å². The third-order valence-corrected chi connectivity index (χ3v) is 4.57. The summed E-state index contributed by atoms with van der Waals surface area (Å²) < 4.78 is 10.7. The normalized spacial score (nSPS) is 16.3. The van der Waals surface area contributed by atoms with Crippen molar-refractivity contribution in [2.75, 3.05) is 13.7 Å². The predicted molar refractivity (Wildman–Crippen MR) is 98.1 cm³/mol. The molecule has 2 atom stereocenters. The topological polar surface area (TPSA) is 88.0 Å². The lowest BCUT2D eigenvalue weighted by molar-refractivity contribution is -0.120. The Morgan fingerprint density at radius 2 is 2.00 bits per heavy atom. The Morgan fingerprint density at radius 3 is 2.69 bits per heavy atom. The summed E-state index contributed by atoms with van der Waals surface area (Å²) in [4.78, 5) is 12.3. The molecule has 26 heavy (non-hydrogen) atoms. The Bertz CT molecular complexity index is 750. The van der Waals surface area contributed by atoms with Crippen LogP contribution in [0, 0.1) is 0 Å². The van der Waals surface area contributed by atoms with E-state index in [1.165, 1.54) is 0 Å². The maximum Gasteiger partial charge on any atom is 0.475 e.